The van der Waals surface area contributed by atoms with Crippen molar-refractivity contribution in [2.75, 3.05) is 38.7 Å². The lowest BCUT2D eigenvalue weighted by Crippen LogP contribution is -2.48. The van der Waals surface area contributed by atoms with E-state index in [9.17, 15) is 4.79 Å². The van der Waals surface area contributed by atoms with Crippen LogP contribution in [0.25, 0.3) is 16.4 Å². The Labute approximate surface area is 230 Å². The van der Waals surface area contributed by atoms with Crippen molar-refractivity contribution >= 4 is 29.0 Å². The van der Waals surface area contributed by atoms with Gasteiger partial charge in [0.1, 0.15) is 0 Å². The predicted molar refractivity (Wildman–Crippen MR) is 149 cm³/mol. The van der Waals surface area contributed by atoms with Crippen LogP contribution in [-0.4, -0.2) is 69.2 Å². The molecule has 2 aromatic carbocycles. The molecule has 0 N–H and O–H groups in total. The Morgan fingerprint density at radius 1 is 0.947 bits per heavy atom. The van der Waals surface area contributed by atoms with Crippen LogP contribution in [0.4, 0.5) is 0 Å². The van der Waals surface area contributed by atoms with Crippen LogP contribution in [0.15, 0.2) is 71.2 Å². The van der Waals surface area contributed by atoms with Crippen LogP contribution in [0.3, 0.4) is 0 Å². The van der Waals surface area contributed by atoms with E-state index < -0.39 is 0 Å². The summed E-state index contributed by atoms with van der Waals surface area (Å²) in [5, 5.41) is 11.9. The average Bonchev–Trinajstić information content (AvgIpc) is 3.73. The summed E-state index contributed by atoms with van der Waals surface area (Å²) in [4.78, 5) is 18.4. The van der Waals surface area contributed by atoms with E-state index in [1.165, 1.54) is 5.56 Å². The van der Waals surface area contributed by atoms with Gasteiger partial charge in [-0.25, -0.2) is 0 Å². The number of thioether (sulfide) groups is 1. The third kappa shape index (κ3) is 5.57. The molecule has 38 heavy (non-hydrogen) atoms. The topological polar surface area (TPSA) is 72.7 Å². The van der Waals surface area contributed by atoms with Crippen LogP contribution in [0.5, 0.6) is 11.5 Å². The van der Waals surface area contributed by atoms with Gasteiger partial charge >= 0.3 is 0 Å². The molecule has 0 saturated carbocycles. The summed E-state index contributed by atoms with van der Waals surface area (Å²) < 4.78 is 13.0. The SMILES string of the molecule is O=C(CCCSc1nnc(-c2cccs2)n1-c1ccccc1)N1CCN(Cc2ccc3c(c2)OCO3)CC1. The van der Waals surface area contributed by atoms with Crippen molar-refractivity contribution in [1.29, 1.82) is 0 Å². The Balaban J connectivity index is 0.985. The molecule has 0 unspecified atom stereocenters. The Kier molecular flexibility index (Phi) is 7.61. The number of para-hydroxylation sites is 1. The molecule has 196 valence electrons. The number of nitrogens with zero attached hydrogens (tertiary/aromatic N) is 5. The molecule has 1 amide bonds. The monoisotopic (exact) mass is 547 g/mol. The third-order valence-electron chi connectivity index (χ3n) is 6.72. The highest BCUT2D eigenvalue weighted by molar-refractivity contribution is 7.99. The number of carbonyl (C=O) groups excluding carboxylic acids is 1. The van der Waals surface area contributed by atoms with E-state index in [0.717, 1.165) is 77.9 Å². The minimum atomic E-state index is 0.233. The van der Waals surface area contributed by atoms with Crippen molar-refractivity contribution in [1.82, 2.24) is 24.6 Å². The molecule has 0 bridgehead atoms. The van der Waals surface area contributed by atoms with Crippen LogP contribution in [0, 0.1) is 0 Å². The number of rotatable bonds is 9. The molecule has 8 nitrogen and oxygen atoms in total. The molecule has 0 aliphatic carbocycles. The molecule has 0 atom stereocenters. The zero-order valence-electron chi connectivity index (χ0n) is 21.0. The largest absolute Gasteiger partial charge is 0.454 e. The second-order valence-electron chi connectivity index (χ2n) is 9.25. The number of piperazine rings is 1. The lowest BCUT2D eigenvalue weighted by Gasteiger charge is -2.34. The van der Waals surface area contributed by atoms with Gasteiger partial charge < -0.3 is 14.4 Å². The van der Waals surface area contributed by atoms with E-state index in [2.05, 4.69) is 55.4 Å². The fourth-order valence-corrected chi connectivity index (χ4v) is 6.33. The Bertz CT molecular complexity index is 1370. The highest BCUT2D eigenvalue weighted by Gasteiger charge is 2.22. The molecular weight excluding hydrogens is 518 g/mol. The number of hydrogen-bond acceptors (Lipinski definition) is 8. The fraction of sp³-hybridized carbons (Fsp3) is 0.321. The van der Waals surface area contributed by atoms with E-state index in [1.54, 1.807) is 23.1 Å². The number of thiophene rings is 1. The minimum absolute atomic E-state index is 0.233. The number of amides is 1. The summed E-state index contributed by atoms with van der Waals surface area (Å²) in [5.41, 5.74) is 2.25. The van der Waals surface area contributed by atoms with Crippen molar-refractivity contribution < 1.29 is 14.3 Å². The molecule has 2 aliphatic rings. The first-order valence-electron chi connectivity index (χ1n) is 12.8. The van der Waals surface area contributed by atoms with Crippen LogP contribution >= 0.6 is 23.1 Å². The van der Waals surface area contributed by atoms with Crippen LogP contribution < -0.4 is 9.47 Å². The highest BCUT2D eigenvalue weighted by Crippen LogP contribution is 2.33. The summed E-state index contributed by atoms with van der Waals surface area (Å²) >= 11 is 3.31. The summed E-state index contributed by atoms with van der Waals surface area (Å²) in [6.45, 7) is 4.43. The van der Waals surface area contributed by atoms with Crippen LogP contribution in [-0.2, 0) is 11.3 Å². The normalized spacial score (nSPS) is 15.2. The van der Waals surface area contributed by atoms with E-state index in [1.807, 2.05) is 35.2 Å². The highest BCUT2D eigenvalue weighted by atomic mass is 32.2. The molecule has 2 aliphatic heterocycles. The average molecular weight is 548 g/mol. The molecule has 10 heteroatoms. The maximum Gasteiger partial charge on any atom is 0.231 e. The maximum absolute atomic E-state index is 12.9. The van der Waals surface area contributed by atoms with Gasteiger partial charge in [0.05, 0.1) is 4.88 Å². The van der Waals surface area contributed by atoms with Gasteiger partial charge in [-0.15, -0.1) is 21.5 Å². The molecule has 1 saturated heterocycles. The van der Waals surface area contributed by atoms with Crippen LogP contribution in [0.1, 0.15) is 18.4 Å². The molecule has 4 heterocycles. The number of ether oxygens (including phenoxy) is 2. The lowest BCUT2D eigenvalue weighted by molar-refractivity contribution is -0.133. The van der Waals surface area contributed by atoms with E-state index in [4.69, 9.17) is 9.47 Å². The van der Waals surface area contributed by atoms with Gasteiger partial charge in [0.25, 0.3) is 0 Å². The van der Waals surface area contributed by atoms with Gasteiger partial charge in [0.2, 0.25) is 12.7 Å². The molecule has 4 aromatic rings. The number of hydrogen-bond donors (Lipinski definition) is 0. The van der Waals surface area contributed by atoms with Crippen molar-refractivity contribution in [3.63, 3.8) is 0 Å². The summed E-state index contributed by atoms with van der Waals surface area (Å²) in [6.07, 6.45) is 1.35. The van der Waals surface area contributed by atoms with Gasteiger partial charge in [-0.1, -0.05) is 42.1 Å². The van der Waals surface area contributed by atoms with Crippen molar-refractivity contribution in [2.45, 2.75) is 24.5 Å². The van der Waals surface area contributed by atoms with E-state index >= 15 is 0 Å². The summed E-state index contributed by atoms with van der Waals surface area (Å²) in [5.74, 6) is 3.52. The number of fused-ring (bicyclic) bond motifs is 1. The molecule has 6 rings (SSSR count). The van der Waals surface area contributed by atoms with E-state index in [-0.39, 0.29) is 5.91 Å². The molecule has 0 spiro atoms. The minimum Gasteiger partial charge on any atom is -0.454 e. The van der Waals surface area contributed by atoms with Gasteiger partial charge in [0, 0.05) is 50.6 Å². The smallest absolute Gasteiger partial charge is 0.231 e. The standard InChI is InChI=1S/C28H29N5O3S2/c34-26(32-14-12-31(13-15-32)19-21-10-11-23-24(18-21)36-20-35-23)9-5-17-38-28-30-29-27(25-8-4-16-37-25)33(28)22-6-2-1-3-7-22/h1-4,6-8,10-11,16,18H,5,9,12-15,17,19-20H2. The van der Waals surface area contributed by atoms with Crippen LogP contribution in [0.2, 0.25) is 0 Å². The molecule has 2 aromatic heterocycles. The quantitative estimate of drug-likeness (QED) is 0.217. The first kappa shape index (κ1) is 25.0. The lowest BCUT2D eigenvalue weighted by atomic mass is 10.1. The van der Waals surface area contributed by atoms with Gasteiger partial charge in [-0.05, 0) is 47.7 Å². The molecule has 0 radical (unpaired) electrons. The van der Waals surface area contributed by atoms with Crippen molar-refractivity contribution in [3.8, 4) is 27.9 Å². The molecular formula is C28H29N5O3S2. The first-order chi connectivity index (χ1) is 18.7. The first-order valence-corrected chi connectivity index (χ1v) is 14.7. The second kappa shape index (κ2) is 11.6. The Hall–Kier alpha value is -3.34. The zero-order chi connectivity index (χ0) is 25.7. The predicted octanol–water partition coefficient (Wildman–Crippen LogP) is 4.94. The number of carbonyl (C=O) groups is 1. The zero-order valence-corrected chi connectivity index (χ0v) is 22.6. The van der Waals surface area contributed by atoms with Gasteiger partial charge in [0.15, 0.2) is 22.5 Å². The fourth-order valence-electron chi connectivity index (χ4n) is 4.74. The maximum atomic E-state index is 12.9. The summed E-state index contributed by atoms with van der Waals surface area (Å²) in [6, 6.07) is 20.4. The third-order valence-corrected chi connectivity index (χ3v) is 8.60. The van der Waals surface area contributed by atoms with Gasteiger partial charge in [-0.3, -0.25) is 14.3 Å². The number of aromatic nitrogens is 3. The summed E-state index contributed by atoms with van der Waals surface area (Å²) in [7, 11) is 0. The second-order valence-corrected chi connectivity index (χ2v) is 11.3. The number of benzene rings is 2. The van der Waals surface area contributed by atoms with Crippen molar-refractivity contribution in [2.24, 2.45) is 0 Å². The Morgan fingerprint density at radius 2 is 1.79 bits per heavy atom. The Morgan fingerprint density at radius 3 is 2.61 bits per heavy atom. The van der Waals surface area contributed by atoms with Crippen molar-refractivity contribution in [3.05, 3.63) is 71.6 Å². The van der Waals surface area contributed by atoms with Gasteiger partial charge in [-0.2, -0.15) is 0 Å². The molecule has 1 fully saturated rings. The van der Waals surface area contributed by atoms with E-state index in [0.29, 0.717) is 13.2 Å².